The van der Waals surface area contributed by atoms with Gasteiger partial charge in [-0.15, -0.1) is 0 Å². The van der Waals surface area contributed by atoms with Gasteiger partial charge in [-0.3, -0.25) is 9.59 Å². The fourth-order valence-electron chi connectivity index (χ4n) is 3.43. The number of rotatable bonds is 10. The van der Waals surface area contributed by atoms with Gasteiger partial charge in [-0.25, -0.2) is 4.79 Å². The van der Waals surface area contributed by atoms with Crippen molar-refractivity contribution in [1.29, 1.82) is 0 Å². The second-order valence-electron chi connectivity index (χ2n) is 9.80. The molecule has 7 heteroatoms. The first-order valence-corrected chi connectivity index (χ1v) is 11.5. The summed E-state index contributed by atoms with van der Waals surface area (Å²) in [6.07, 6.45) is 1.75. The molecular weight excluding hydrogens is 406 g/mol. The molecule has 0 aliphatic carbocycles. The molecular formula is C25H41N3O4. The molecule has 0 saturated heterocycles. The van der Waals surface area contributed by atoms with E-state index < -0.39 is 23.3 Å². The molecule has 2 unspecified atom stereocenters. The summed E-state index contributed by atoms with van der Waals surface area (Å²) in [5.41, 5.74) is -0.573. The fraction of sp³-hybridized carbons (Fsp3) is 0.640. The maximum Gasteiger partial charge on any atom is 0.408 e. The maximum absolute atomic E-state index is 13.4. The number of ether oxygens (including phenoxy) is 1. The van der Waals surface area contributed by atoms with Crippen LogP contribution in [0.1, 0.15) is 86.3 Å². The molecule has 0 spiro atoms. The Morgan fingerprint density at radius 2 is 1.62 bits per heavy atom. The maximum atomic E-state index is 13.4. The standard InChI is InChI=1S/C25H41N3O4/c1-9-14-18(3)27-22(30)21(19-15-12-11-13-16-19)28(25(7,8)10-2)20(29)17-26-23(31)32-24(4,5)6/h11-13,15-16,18,21H,9-10,14,17H2,1-8H3,(H,26,31)(H,27,30). The molecule has 0 saturated carbocycles. The Morgan fingerprint density at radius 3 is 2.12 bits per heavy atom. The van der Waals surface area contributed by atoms with Gasteiger partial charge in [0.25, 0.3) is 0 Å². The Labute approximate surface area is 193 Å². The van der Waals surface area contributed by atoms with E-state index in [1.807, 2.05) is 58.0 Å². The fourth-order valence-corrected chi connectivity index (χ4v) is 3.43. The lowest BCUT2D eigenvalue weighted by Gasteiger charge is -2.43. The Balaban J connectivity index is 3.27. The number of benzene rings is 1. The van der Waals surface area contributed by atoms with E-state index >= 15 is 0 Å². The summed E-state index contributed by atoms with van der Waals surface area (Å²) < 4.78 is 5.25. The third-order valence-corrected chi connectivity index (χ3v) is 5.30. The molecule has 2 atom stereocenters. The predicted octanol–water partition coefficient (Wildman–Crippen LogP) is 4.57. The zero-order valence-corrected chi connectivity index (χ0v) is 21.0. The Morgan fingerprint density at radius 1 is 1.03 bits per heavy atom. The molecule has 1 aromatic rings. The number of nitrogens with zero attached hydrogens (tertiary/aromatic N) is 1. The summed E-state index contributed by atoms with van der Waals surface area (Å²) in [5, 5.41) is 5.60. The van der Waals surface area contributed by atoms with Crippen molar-refractivity contribution in [2.24, 2.45) is 0 Å². The van der Waals surface area contributed by atoms with Gasteiger partial charge in [0, 0.05) is 11.6 Å². The van der Waals surface area contributed by atoms with Crippen LogP contribution in [0.25, 0.3) is 0 Å². The van der Waals surface area contributed by atoms with Crippen LogP contribution in [-0.4, -0.2) is 46.5 Å². The van der Waals surface area contributed by atoms with Crippen molar-refractivity contribution in [2.45, 2.75) is 97.9 Å². The van der Waals surface area contributed by atoms with Crippen LogP contribution in [0, 0.1) is 0 Å². The highest BCUT2D eigenvalue weighted by atomic mass is 16.6. The quantitative estimate of drug-likeness (QED) is 0.550. The van der Waals surface area contributed by atoms with Crippen LogP contribution in [0.15, 0.2) is 30.3 Å². The van der Waals surface area contributed by atoms with Gasteiger partial charge >= 0.3 is 6.09 Å². The van der Waals surface area contributed by atoms with E-state index in [0.717, 1.165) is 18.4 Å². The molecule has 7 nitrogen and oxygen atoms in total. The molecule has 1 rings (SSSR count). The zero-order chi connectivity index (χ0) is 24.5. The molecule has 2 N–H and O–H groups in total. The van der Waals surface area contributed by atoms with Gasteiger partial charge in [-0.1, -0.05) is 50.6 Å². The number of nitrogens with one attached hydrogen (secondary N) is 2. The average molecular weight is 448 g/mol. The van der Waals surface area contributed by atoms with Crippen molar-refractivity contribution in [3.05, 3.63) is 35.9 Å². The lowest BCUT2D eigenvalue weighted by Crippen LogP contribution is -2.56. The topological polar surface area (TPSA) is 87.7 Å². The number of carbonyl (C=O) groups is 3. The molecule has 0 fully saturated rings. The summed E-state index contributed by atoms with van der Waals surface area (Å²) in [7, 11) is 0. The third-order valence-electron chi connectivity index (χ3n) is 5.30. The number of carbonyl (C=O) groups excluding carboxylic acids is 3. The SMILES string of the molecule is CCCC(C)NC(=O)C(c1ccccc1)N(C(=O)CNC(=O)OC(C)(C)C)C(C)(C)CC. The van der Waals surface area contributed by atoms with E-state index in [9.17, 15) is 14.4 Å². The molecule has 0 aliphatic heterocycles. The number of hydrogen-bond acceptors (Lipinski definition) is 4. The Bertz CT molecular complexity index is 756. The highest BCUT2D eigenvalue weighted by molar-refractivity contribution is 5.91. The normalized spacial score (nSPS) is 13.6. The summed E-state index contributed by atoms with van der Waals surface area (Å²) in [5.74, 6) is -0.584. The monoisotopic (exact) mass is 447 g/mol. The second kappa shape index (κ2) is 11.9. The van der Waals surface area contributed by atoms with Crippen LogP contribution in [0.4, 0.5) is 4.79 Å². The van der Waals surface area contributed by atoms with Gasteiger partial charge in [0.05, 0.1) is 0 Å². The molecule has 0 bridgehead atoms. The first-order chi connectivity index (χ1) is 14.8. The van der Waals surface area contributed by atoms with E-state index in [4.69, 9.17) is 4.74 Å². The van der Waals surface area contributed by atoms with E-state index in [1.54, 1.807) is 25.7 Å². The minimum Gasteiger partial charge on any atom is -0.444 e. The van der Waals surface area contributed by atoms with Crippen LogP contribution in [0.5, 0.6) is 0 Å². The molecule has 0 radical (unpaired) electrons. The second-order valence-corrected chi connectivity index (χ2v) is 9.80. The lowest BCUT2D eigenvalue weighted by atomic mass is 9.92. The summed E-state index contributed by atoms with van der Waals surface area (Å²) in [6, 6.07) is 8.44. The van der Waals surface area contributed by atoms with Crippen LogP contribution in [-0.2, 0) is 14.3 Å². The summed E-state index contributed by atoms with van der Waals surface area (Å²) in [6.45, 7) is 14.9. The summed E-state index contributed by atoms with van der Waals surface area (Å²) >= 11 is 0. The highest BCUT2D eigenvalue weighted by Crippen LogP contribution is 2.31. The van der Waals surface area contributed by atoms with Crippen molar-refractivity contribution >= 4 is 17.9 Å². The van der Waals surface area contributed by atoms with Crippen LogP contribution < -0.4 is 10.6 Å². The molecule has 3 amide bonds. The van der Waals surface area contributed by atoms with Gasteiger partial charge in [-0.2, -0.15) is 0 Å². The Kier molecular flexibility index (Phi) is 10.2. The van der Waals surface area contributed by atoms with Gasteiger partial charge < -0.3 is 20.3 Å². The van der Waals surface area contributed by atoms with Gasteiger partial charge in [0.15, 0.2) is 0 Å². The molecule has 32 heavy (non-hydrogen) atoms. The lowest BCUT2D eigenvalue weighted by molar-refractivity contribution is -0.147. The van der Waals surface area contributed by atoms with Crippen molar-refractivity contribution in [3.63, 3.8) is 0 Å². The minimum absolute atomic E-state index is 0.0136. The van der Waals surface area contributed by atoms with Gasteiger partial charge in [0.1, 0.15) is 18.2 Å². The van der Waals surface area contributed by atoms with Gasteiger partial charge in [-0.05, 0) is 59.9 Å². The van der Waals surface area contributed by atoms with E-state index in [1.165, 1.54) is 0 Å². The number of alkyl carbamates (subject to hydrolysis) is 1. The molecule has 180 valence electrons. The Hall–Kier alpha value is -2.57. The molecule has 0 aromatic heterocycles. The van der Waals surface area contributed by atoms with Crippen molar-refractivity contribution < 1.29 is 19.1 Å². The zero-order valence-electron chi connectivity index (χ0n) is 21.0. The molecule has 0 aliphatic rings. The number of hydrogen-bond donors (Lipinski definition) is 2. The summed E-state index contributed by atoms with van der Waals surface area (Å²) in [4.78, 5) is 40.6. The van der Waals surface area contributed by atoms with E-state index in [-0.39, 0.29) is 24.4 Å². The van der Waals surface area contributed by atoms with Crippen molar-refractivity contribution in [1.82, 2.24) is 15.5 Å². The van der Waals surface area contributed by atoms with Crippen LogP contribution >= 0.6 is 0 Å². The van der Waals surface area contributed by atoms with E-state index in [0.29, 0.717) is 6.42 Å². The van der Waals surface area contributed by atoms with Crippen molar-refractivity contribution in [3.8, 4) is 0 Å². The third kappa shape index (κ3) is 8.52. The first kappa shape index (κ1) is 27.5. The minimum atomic E-state index is -0.821. The highest BCUT2D eigenvalue weighted by Gasteiger charge is 2.40. The van der Waals surface area contributed by atoms with E-state index in [2.05, 4.69) is 17.6 Å². The predicted molar refractivity (Wildman–Crippen MR) is 127 cm³/mol. The number of amides is 3. The molecule has 1 aromatic carbocycles. The largest absolute Gasteiger partial charge is 0.444 e. The van der Waals surface area contributed by atoms with Crippen LogP contribution in [0.3, 0.4) is 0 Å². The average Bonchev–Trinajstić information content (AvgIpc) is 2.69. The smallest absolute Gasteiger partial charge is 0.408 e. The van der Waals surface area contributed by atoms with Gasteiger partial charge in [0.2, 0.25) is 11.8 Å². The van der Waals surface area contributed by atoms with Crippen molar-refractivity contribution in [2.75, 3.05) is 6.54 Å². The van der Waals surface area contributed by atoms with Crippen LogP contribution in [0.2, 0.25) is 0 Å². The molecule has 0 heterocycles. The first-order valence-electron chi connectivity index (χ1n) is 11.5.